The lowest BCUT2D eigenvalue weighted by Gasteiger charge is -2.22. The second-order valence-electron chi connectivity index (χ2n) is 5.42. The molecule has 2 nitrogen and oxygen atoms in total. The minimum Gasteiger partial charge on any atom is -0.497 e. The predicted molar refractivity (Wildman–Crippen MR) is 80.1 cm³/mol. The molecule has 1 N–H and O–H groups in total. The number of hydrogen-bond donors (Lipinski definition) is 1. The van der Waals surface area contributed by atoms with E-state index in [1.807, 2.05) is 18.2 Å². The summed E-state index contributed by atoms with van der Waals surface area (Å²) in [4.78, 5) is 0. The molecular weight excluding hydrogens is 248 g/mol. The van der Waals surface area contributed by atoms with Crippen molar-refractivity contribution >= 4 is 0 Å². The van der Waals surface area contributed by atoms with Gasteiger partial charge in [-0.05, 0) is 48.1 Å². The maximum Gasteiger partial charge on any atom is 0.118 e. The van der Waals surface area contributed by atoms with Gasteiger partial charge in [0.2, 0.25) is 0 Å². The average Bonchev–Trinajstić information content (AvgIpc) is 2.67. The van der Waals surface area contributed by atoms with E-state index in [4.69, 9.17) is 4.74 Å². The number of hydrogen-bond acceptors (Lipinski definition) is 2. The number of methoxy groups -OCH3 is 1. The van der Waals surface area contributed by atoms with Crippen molar-refractivity contribution in [3.05, 3.63) is 65.2 Å². The van der Waals surface area contributed by atoms with Crippen molar-refractivity contribution in [3.63, 3.8) is 0 Å². The van der Waals surface area contributed by atoms with Crippen LogP contribution in [0.1, 0.15) is 41.6 Å². The maximum absolute atomic E-state index is 10.7. The fraction of sp³-hybridized carbons (Fsp3) is 0.333. The Hall–Kier alpha value is -1.80. The summed E-state index contributed by atoms with van der Waals surface area (Å²) in [5.41, 5.74) is 3.57. The molecule has 0 aliphatic heterocycles. The summed E-state index contributed by atoms with van der Waals surface area (Å²) in [7, 11) is 1.67. The molecule has 0 bridgehead atoms. The van der Waals surface area contributed by atoms with Gasteiger partial charge in [-0.1, -0.05) is 36.4 Å². The van der Waals surface area contributed by atoms with Crippen molar-refractivity contribution in [2.75, 3.05) is 7.11 Å². The lowest BCUT2D eigenvalue weighted by atomic mass is 9.87. The summed E-state index contributed by atoms with van der Waals surface area (Å²) in [6.45, 7) is 0. The minimum atomic E-state index is -0.415. The van der Waals surface area contributed by atoms with Crippen molar-refractivity contribution in [3.8, 4) is 5.75 Å². The van der Waals surface area contributed by atoms with Gasteiger partial charge in [0.05, 0.1) is 13.2 Å². The van der Waals surface area contributed by atoms with E-state index in [2.05, 4.69) is 30.3 Å². The maximum atomic E-state index is 10.7. The molecule has 1 aliphatic carbocycles. The van der Waals surface area contributed by atoms with Crippen molar-refractivity contribution in [2.24, 2.45) is 0 Å². The van der Waals surface area contributed by atoms with Crippen molar-refractivity contribution < 1.29 is 9.84 Å². The summed E-state index contributed by atoms with van der Waals surface area (Å²) < 4.78 is 5.20. The zero-order valence-corrected chi connectivity index (χ0v) is 11.8. The van der Waals surface area contributed by atoms with Crippen LogP contribution < -0.4 is 4.74 Å². The van der Waals surface area contributed by atoms with Crippen LogP contribution in [0.5, 0.6) is 5.75 Å². The Morgan fingerprint density at radius 2 is 1.80 bits per heavy atom. The van der Waals surface area contributed by atoms with Gasteiger partial charge in [-0.15, -0.1) is 0 Å². The van der Waals surface area contributed by atoms with Gasteiger partial charge in [-0.25, -0.2) is 0 Å². The summed E-state index contributed by atoms with van der Waals surface area (Å²) in [6.07, 6.45) is 2.77. The van der Waals surface area contributed by atoms with E-state index in [1.54, 1.807) is 7.11 Å². The molecule has 0 spiro atoms. The van der Waals surface area contributed by atoms with Crippen LogP contribution in [-0.2, 0) is 6.42 Å². The molecular formula is C18H20O2. The third-order valence-corrected chi connectivity index (χ3v) is 4.26. The highest BCUT2D eigenvalue weighted by Gasteiger charge is 2.26. The molecule has 104 valence electrons. The van der Waals surface area contributed by atoms with Gasteiger partial charge in [0.15, 0.2) is 0 Å². The zero-order chi connectivity index (χ0) is 13.9. The highest BCUT2D eigenvalue weighted by Crippen LogP contribution is 2.39. The van der Waals surface area contributed by atoms with Crippen LogP contribution in [0.4, 0.5) is 0 Å². The van der Waals surface area contributed by atoms with E-state index >= 15 is 0 Å². The van der Waals surface area contributed by atoms with Crippen LogP contribution >= 0.6 is 0 Å². The summed E-state index contributed by atoms with van der Waals surface area (Å²) >= 11 is 0. The van der Waals surface area contributed by atoms with E-state index in [1.165, 1.54) is 11.1 Å². The Bertz CT molecular complexity index is 574. The Balaban J connectivity index is 1.93. The molecule has 0 amide bonds. The number of fused-ring (bicyclic) bond motifs is 1. The smallest absolute Gasteiger partial charge is 0.118 e. The van der Waals surface area contributed by atoms with Gasteiger partial charge < -0.3 is 9.84 Å². The Morgan fingerprint density at radius 1 is 1.05 bits per heavy atom. The normalized spacial score (nSPS) is 21.9. The number of aryl methyl sites for hydroxylation is 1. The fourth-order valence-corrected chi connectivity index (χ4v) is 3.14. The van der Waals surface area contributed by atoms with E-state index in [0.29, 0.717) is 0 Å². The highest BCUT2D eigenvalue weighted by molar-refractivity contribution is 5.36. The number of aliphatic hydroxyl groups is 1. The first-order valence-electron chi connectivity index (χ1n) is 7.19. The first-order valence-corrected chi connectivity index (χ1v) is 7.19. The number of aliphatic hydroxyl groups excluding tert-OH is 1. The van der Waals surface area contributed by atoms with Crippen LogP contribution in [-0.4, -0.2) is 12.2 Å². The van der Waals surface area contributed by atoms with Gasteiger partial charge in [0.25, 0.3) is 0 Å². The molecule has 2 aromatic rings. The third-order valence-electron chi connectivity index (χ3n) is 4.26. The second kappa shape index (κ2) is 5.68. The molecule has 0 fully saturated rings. The first kappa shape index (κ1) is 13.2. The van der Waals surface area contributed by atoms with Crippen molar-refractivity contribution in [1.82, 2.24) is 0 Å². The molecule has 0 radical (unpaired) electrons. The fourth-order valence-electron chi connectivity index (χ4n) is 3.14. The standard InChI is InChI=1S/C18H20O2/c1-20-15-11-9-14(10-12-15)17-8-4-6-13-5-2-3-7-16(13)18(17)19/h2-3,5,7,9-12,17-19H,4,6,8H2,1H3/t17-,18+/m1/s1. The average molecular weight is 268 g/mol. The monoisotopic (exact) mass is 268 g/mol. The number of rotatable bonds is 2. The first-order chi connectivity index (χ1) is 9.79. The summed E-state index contributed by atoms with van der Waals surface area (Å²) in [6, 6.07) is 16.3. The number of ether oxygens (including phenoxy) is 1. The van der Waals surface area contributed by atoms with E-state index < -0.39 is 6.10 Å². The lowest BCUT2D eigenvalue weighted by Crippen LogP contribution is -2.10. The zero-order valence-electron chi connectivity index (χ0n) is 11.8. The lowest BCUT2D eigenvalue weighted by molar-refractivity contribution is 0.142. The van der Waals surface area contributed by atoms with Crippen molar-refractivity contribution in [2.45, 2.75) is 31.3 Å². The largest absolute Gasteiger partial charge is 0.497 e. The van der Waals surface area contributed by atoms with Gasteiger partial charge in [0, 0.05) is 5.92 Å². The molecule has 0 saturated heterocycles. The van der Waals surface area contributed by atoms with E-state index in [-0.39, 0.29) is 5.92 Å². The van der Waals surface area contributed by atoms with Gasteiger partial charge >= 0.3 is 0 Å². The predicted octanol–water partition coefficient (Wildman–Crippen LogP) is 3.85. The second-order valence-corrected chi connectivity index (χ2v) is 5.42. The van der Waals surface area contributed by atoms with Crippen LogP contribution in [0, 0.1) is 0 Å². The van der Waals surface area contributed by atoms with Crippen LogP contribution in [0.15, 0.2) is 48.5 Å². The van der Waals surface area contributed by atoms with Crippen molar-refractivity contribution in [1.29, 1.82) is 0 Å². The quantitative estimate of drug-likeness (QED) is 0.838. The molecule has 3 rings (SSSR count). The highest BCUT2D eigenvalue weighted by atomic mass is 16.5. The van der Waals surface area contributed by atoms with Crippen LogP contribution in [0.2, 0.25) is 0 Å². The number of benzene rings is 2. The molecule has 0 aromatic heterocycles. The van der Waals surface area contributed by atoms with E-state index in [0.717, 1.165) is 30.6 Å². The third kappa shape index (κ3) is 2.44. The molecule has 20 heavy (non-hydrogen) atoms. The van der Waals surface area contributed by atoms with E-state index in [9.17, 15) is 5.11 Å². The van der Waals surface area contributed by atoms with Crippen LogP contribution in [0.3, 0.4) is 0 Å². The van der Waals surface area contributed by atoms with Crippen LogP contribution in [0.25, 0.3) is 0 Å². The Labute approximate surface area is 120 Å². The molecule has 2 heteroatoms. The van der Waals surface area contributed by atoms with Gasteiger partial charge in [0.1, 0.15) is 5.75 Å². The molecule has 0 unspecified atom stereocenters. The van der Waals surface area contributed by atoms with Gasteiger partial charge in [-0.3, -0.25) is 0 Å². The molecule has 0 saturated carbocycles. The topological polar surface area (TPSA) is 29.5 Å². The Morgan fingerprint density at radius 3 is 2.55 bits per heavy atom. The molecule has 0 heterocycles. The molecule has 2 atom stereocenters. The van der Waals surface area contributed by atoms with Gasteiger partial charge in [-0.2, -0.15) is 0 Å². The summed E-state index contributed by atoms with van der Waals surface area (Å²) in [5.74, 6) is 1.03. The SMILES string of the molecule is COc1ccc([C@H]2CCCc3ccccc3[C@@H]2O)cc1. The Kier molecular flexibility index (Phi) is 3.75. The molecule has 2 aromatic carbocycles. The minimum absolute atomic E-state index is 0.171. The molecule has 1 aliphatic rings. The summed E-state index contributed by atoms with van der Waals surface area (Å²) in [5, 5.41) is 10.7.